The van der Waals surface area contributed by atoms with Crippen LogP contribution in [-0.2, 0) is 17.8 Å². The van der Waals surface area contributed by atoms with Crippen molar-refractivity contribution >= 4 is 23.4 Å². The van der Waals surface area contributed by atoms with Gasteiger partial charge in [-0.2, -0.15) is 0 Å². The number of ether oxygens (including phenoxy) is 1. The molecule has 118 valence electrons. The molecule has 1 amide bonds. The van der Waals surface area contributed by atoms with Gasteiger partial charge in [-0.25, -0.2) is 0 Å². The van der Waals surface area contributed by atoms with Crippen molar-refractivity contribution < 1.29 is 9.53 Å². The number of nitrogens with zero attached hydrogens (tertiary/aromatic N) is 3. The third-order valence-corrected chi connectivity index (χ3v) is 4.08. The average molecular weight is 320 g/mol. The molecule has 0 radical (unpaired) electrons. The fourth-order valence-corrected chi connectivity index (χ4v) is 2.85. The van der Waals surface area contributed by atoms with Crippen LogP contribution in [0.25, 0.3) is 0 Å². The third kappa shape index (κ3) is 4.00. The zero-order valence-electron chi connectivity index (χ0n) is 13.0. The van der Waals surface area contributed by atoms with Crippen LogP contribution in [0.5, 0.6) is 5.75 Å². The van der Waals surface area contributed by atoms with Crippen LogP contribution in [0.1, 0.15) is 19.7 Å². The van der Waals surface area contributed by atoms with Crippen molar-refractivity contribution in [3.63, 3.8) is 0 Å². The lowest BCUT2D eigenvalue weighted by Crippen LogP contribution is -2.14. The molecule has 0 atom stereocenters. The Kier molecular flexibility index (Phi) is 5.83. The second-order valence-corrected chi connectivity index (χ2v) is 5.51. The topological polar surface area (TPSA) is 69.0 Å². The van der Waals surface area contributed by atoms with Crippen molar-refractivity contribution in [2.45, 2.75) is 32.0 Å². The highest BCUT2D eigenvalue weighted by Gasteiger charge is 2.12. The van der Waals surface area contributed by atoms with E-state index in [-0.39, 0.29) is 5.91 Å². The first-order chi connectivity index (χ1) is 10.7. The number of rotatable bonds is 7. The summed E-state index contributed by atoms with van der Waals surface area (Å²) in [6.45, 7) is 4.89. The Morgan fingerprint density at radius 2 is 2.18 bits per heavy atom. The van der Waals surface area contributed by atoms with Crippen LogP contribution in [0.3, 0.4) is 0 Å². The van der Waals surface area contributed by atoms with Crippen LogP contribution in [0.15, 0.2) is 29.4 Å². The van der Waals surface area contributed by atoms with Gasteiger partial charge in [-0.1, -0.05) is 24.8 Å². The smallest absolute Gasteiger partial charge is 0.234 e. The van der Waals surface area contributed by atoms with E-state index in [0.717, 1.165) is 29.6 Å². The maximum atomic E-state index is 12.0. The fraction of sp³-hybridized carbons (Fsp3) is 0.400. The van der Waals surface area contributed by atoms with Gasteiger partial charge >= 0.3 is 0 Å². The Hall–Kier alpha value is -2.02. The zero-order chi connectivity index (χ0) is 15.9. The van der Waals surface area contributed by atoms with E-state index in [1.807, 2.05) is 36.6 Å². The number of benzene rings is 1. The van der Waals surface area contributed by atoms with Crippen LogP contribution in [0.2, 0.25) is 0 Å². The molecule has 7 heteroatoms. The number of hydrogen-bond acceptors (Lipinski definition) is 5. The van der Waals surface area contributed by atoms with Gasteiger partial charge in [0.15, 0.2) is 5.16 Å². The number of amides is 1. The molecule has 2 aromatic rings. The number of methoxy groups -OCH3 is 1. The third-order valence-electron chi connectivity index (χ3n) is 3.11. The molecule has 0 unspecified atom stereocenters. The van der Waals surface area contributed by atoms with Gasteiger partial charge in [-0.05, 0) is 19.1 Å². The molecule has 0 aliphatic rings. The van der Waals surface area contributed by atoms with Gasteiger partial charge < -0.3 is 14.6 Å². The van der Waals surface area contributed by atoms with Crippen LogP contribution in [0.4, 0.5) is 5.69 Å². The minimum atomic E-state index is -0.0815. The number of hydrogen-bond donors (Lipinski definition) is 1. The molecule has 0 bridgehead atoms. The lowest BCUT2D eigenvalue weighted by molar-refractivity contribution is -0.113. The summed E-state index contributed by atoms with van der Waals surface area (Å²) in [7, 11) is 1.60. The number of carbonyl (C=O) groups excluding carboxylic acids is 1. The molecule has 2 rings (SSSR count). The van der Waals surface area contributed by atoms with Gasteiger partial charge in [0.05, 0.1) is 12.9 Å². The minimum absolute atomic E-state index is 0.0815. The van der Waals surface area contributed by atoms with Gasteiger partial charge in [-0.15, -0.1) is 10.2 Å². The minimum Gasteiger partial charge on any atom is -0.497 e. The van der Waals surface area contributed by atoms with Crippen molar-refractivity contribution in [1.29, 1.82) is 0 Å². The second kappa shape index (κ2) is 7.84. The van der Waals surface area contributed by atoms with Crippen molar-refractivity contribution in [2.24, 2.45) is 0 Å². The Morgan fingerprint density at radius 1 is 1.36 bits per heavy atom. The van der Waals surface area contributed by atoms with Gasteiger partial charge in [0.2, 0.25) is 5.91 Å². The molecular formula is C15H20N4O2S. The van der Waals surface area contributed by atoms with E-state index in [1.54, 1.807) is 13.2 Å². The van der Waals surface area contributed by atoms with E-state index in [2.05, 4.69) is 15.5 Å². The zero-order valence-corrected chi connectivity index (χ0v) is 13.8. The molecular weight excluding hydrogens is 300 g/mol. The normalized spacial score (nSPS) is 10.5. The van der Waals surface area contributed by atoms with E-state index < -0.39 is 0 Å². The van der Waals surface area contributed by atoms with Gasteiger partial charge in [-0.3, -0.25) is 4.79 Å². The fourth-order valence-electron chi connectivity index (χ4n) is 2.03. The first-order valence-electron chi connectivity index (χ1n) is 7.16. The SMILES string of the molecule is CCc1nnc(SCC(=O)Nc2cccc(OC)c2)n1CC. The number of aryl methyl sites for hydroxylation is 1. The molecule has 0 saturated heterocycles. The van der Waals surface area contributed by atoms with E-state index in [0.29, 0.717) is 11.5 Å². The van der Waals surface area contributed by atoms with Crippen LogP contribution >= 0.6 is 11.8 Å². The summed E-state index contributed by atoms with van der Waals surface area (Å²) < 4.78 is 7.16. The summed E-state index contributed by atoms with van der Waals surface area (Å²) >= 11 is 1.39. The lowest BCUT2D eigenvalue weighted by Gasteiger charge is -2.08. The van der Waals surface area contributed by atoms with E-state index in [9.17, 15) is 4.79 Å². The van der Waals surface area contributed by atoms with Crippen LogP contribution in [0, 0.1) is 0 Å². The van der Waals surface area contributed by atoms with Gasteiger partial charge in [0, 0.05) is 24.7 Å². The summed E-state index contributed by atoms with van der Waals surface area (Å²) in [5.74, 6) is 1.86. The molecule has 1 heterocycles. The van der Waals surface area contributed by atoms with Gasteiger partial charge in [0.1, 0.15) is 11.6 Å². The van der Waals surface area contributed by atoms with Crippen molar-refractivity contribution in [1.82, 2.24) is 14.8 Å². The van der Waals surface area contributed by atoms with Crippen LogP contribution in [-0.4, -0.2) is 33.5 Å². The molecule has 22 heavy (non-hydrogen) atoms. The molecule has 0 fully saturated rings. The number of aromatic nitrogens is 3. The maximum Gasteiger partial charge on any atom is 0.234 e. The molecule has 1 N–H and O–H groups in total. The number of carbonyl (C=O) groups is 1. The van der Waals surface area contributed by atoms with E-state index in [1.165, 1.54) is 11.8 Å². The summed E-state index contributed by atoms with van der Waals surface area (Å²) in [6.07, 6.45) is 0.831. The van der Waals surface area contributed by atoms with Crippen molar-refractivity contribution in [2.75, 3.05) is 18.2 Å². The average Bonchev–Trinajstić information content (AvgIpc) is 2.95. The Balaban J connectivity index is 1.94. The maximum absolute atomic E-state index is 12.0. The number of anilines is 1. The van der Waals surface area contributed by atoms with E-state index in [4.69, 9.17) is 4.74 Å². The summed E-state index contributed by atoms with van der Waals surface area (Å²) in [6, 6.07) is 7.28. The first kappa shape index (κ1) is 16.4. The largest absolute Gasteiger partial charge is 0.497 e. The highest BCUT2D eigenvalue weighted by molar-refractivity contribution is 7.99. The Bertz CT molecular complexity index is 642. The predicted octanol–water partition coefficient (Wildman–Crippen LogP) is 2.60. The summed E-state index contributed by atoms with van der Waals surface area (Å²) in [5.41, 5.74) is 0.719. The van der Waals surface area contributed by atoms with Gasteiger partial charge in [0.25, 0.3) is 0 Å². The summed E-state index contributed by atoms with van der Waals surface area (Å²) in [4.78, 5) is 12.0. The monoisotopic (exact) mass is 320 g/mol. The Morgan fingerprint density at radius 3 is 2.86 bits per heavy atom. The first-order valence-corrected chi connectivity index (χ1v) is 8.15. The van der Waals surface area contributed by atoms with Crippen molar-refractivity contribution in [3.8, 4) is 5.75 Å². The highest BCUT2D eigenvalue weighted by atomic mass is 32.2. The molecule has 6 nitrogen and oxygen atoms in total. The Labute approximate surface area is 134 Å². The molecule has 1 aromatic heterocycles. The van der Waals surface area contributed by atoms with Crippen molar-refractivity contribution in [3.05, 3.63) is 30.1 Å². The lowest BCUT2D eigenvalue weighted by atomic mass is 10.3. The number of thioether (sulfide) groups is 1. The molecule has 0 saturated carbocycles. The number of nitrogens with one attached hydrogen (secondary N) is 1. The summed E-state index contributed by atoms with van der Waals surface area (Å²) in [5, 5.41) is 11.9. The second-order valence-electron chi connectivity index (χ2n) is 4.57. The molecule has 1 aromatic carbocycles. The quantitative estimate of drug-likeness (QED) is 0.794. The predicted molar refractivity (Wildman–Crippen MR) is 87.4 cm³/mol. The standard InChI is InChI=1S/C15H20N4O2S/c1-4-13-17-18-15(19(13)5-2)22-10-14(20)16-11-7-6-8-12(9-11)21-3/h6-9H,4-5,10H2,1-3H3,(H,16,20). The molecule has 0 aliphatic heterocycles. The molecule has 0 spiro atoms. The molecule has 0 aliphatic carbocycles. The van der Waals surface area contributed by atoms with Crippen LogP contribution < -0.4 is 10.1 Å². The highest BCUT2D eigenvalue weighted by Crippen LogP contribution is 2.19. The van der Waals surface area contributed by atoms with E-state index >= 15 is 0 Å².